The highest BCUT2D eigenvalue weighted by molar-refractivity contribution is 8.00. The standard InChI is InChI=1S/C14H17FN2O3S/c1-8(10-3-5-11(15)6-4-10)16-14(20)17-9(2)21-7-12(17)13(18)19/h3-6,8-9,12H,7H2,1-2H3,(H,16,20)(H,18,19). The predicted molar refractivity (Wildman–Crippen MR) is 78.5 cm³/mol. The molecule has 0 radical (unpaired) electrons. The van der Waals surface area contributed by atoms with Gasteiger partial charge in [-0.05, 0) is 31.5 Å². The average Bonchev–Trinajstić information content (AvgIpc) is 2.81. The Balaban J connectivity index is 2.06. The van der Waals surface area contributed by atoms with E-state index in [-0.39, 0.29) is 17.2 Å². The van der Waals surface area contributed by atoms with E-state index in [4.69, 9.17) is 5.11 Å². The molecule has 1 aliphatic heterocycles. The number of carbonyl (C=O) groups excluding carboxylic acids is 1. The molecule has 3 unspecified atom stereocenters. The third kappa shape index (κ3) is 3.47. The molecule has 1 fully saturated rings. The number of benzene rings is 1. The molecular weight excluding hydrogens is 295 g/mol. The minimum atomic E-state index is -1.00. The van der Waals surface area contributed by atoms with Crippen molar-refractivity contribution in [3.05, 3.63) is 35.6 Å². The van der Waals surface area contributed by atoms with E-state index in [0.717, 1.165) is 5.56 Å². The van der Waals surface area contributed by atoms with Crippen molar-refractivity contribution in [2.24, 2.45) is 0 Å². The van der Waals surface area contributed by atoms with Crippen molar-refractivity contribution in [3.63, 3.8) is 0 Å². The zero-order valence-electron chi connectivity index (χ0n) is 11.7. The summed E-state index contributed by atoms with van der Waals surface area (Å²) in [6.07, 6.45) is 0. The lowest BCUT2D eigenvalue weighted by molar-refractivity contribution is -0.141. The molecule has 21 heavy (non-hydrogen) atoms. The summed E-state index contributed by atoms with van der Waals surface area (Å²) in [7, 11) is 0. The number of carboxylic acid groups (broad SMARTS) is 1. The molecule has 0 bridgehead atoms. The first kappa shape index (κ1) is 15.6. The van der Waals surface area contributed by atoms with Crippen molar-refractivity contribution < 1.29 is 19.1 Å². The molecule has 1 aliphatic rings. The first-order chi connectivity index (χ1) is 9.90. The number of carbonyl (C=O) groups is 2. The van der Waals surface area contributed by atoms with Crippen molar-refractivity contribution in [3.8, 4) is 0 Å². The Morgan fingerprint density at radius 3 is 2.62 bits per heavy atom. The molecule has 1 aromatic carbocycles. The smallest absolute Gasteiger partial charge is 0.327 e. The number of carboxylic acids is 1. The van der Waals surface area contributed by atoms with Gasteiger partial charge < -0.3 is 10.4 Å². The number of rotatable bonds is 3. The molecule has 2 rings (SSSR count). The summed E-state index contributed by atoms with van der Waals surface area (Å²) in [5.74, 6) is -0.960. The average molecular weight is 312 g/mol. The Bertz CT molecular complexity index is 538. The van der Waals surface area contributed by atoms with Gasteiger partial charge in [-0.3, -0.25) is 4.90 Å². The zero-order chi connectivity index (χ0) is 15.6. The lowest BCUT2D eigenvalue weighted by Crippen LogP contribution is -2.49. The minimum Gasteiger partial charge on any atom is -0.480 e. The summed E-state index contributed by atoms with van der Waals surface area (Å²) in [4.78, 5) is 24.8. The quantitative estimate of drug-likeness (QED) is 0.899. The highest BCUT2D eigenvalue weighted by atomic mass is 32.2. The first-order valence-electron chi connectivity index (χ1n) is 6.59. The van der Waals surface area contributed by atoms with Crippen LogP contribution in [0.1, 0.15) is 25.5 Å². The van der Waals surface area contributed by atoms with Gasteiger partial charge in [-0.2, -0.15) is 0 Å². The molecule has 0 aliphatic carbocycles. The molecule has 2 N–H and O–H groups in total. The van der Waals surface area contributed by atoms with E-state index in [9.17, 15) is 14.0 Å². The van der Waals surface area contributed by atoms with Crippen molar-refractivity contribution in [2.75, 3.05) is 5.75 Å². The van der Waals surface area contributed by atoms with E-state index in [0.29, 0.717) is 5.75 Å². The maximum atomic E-state index is 12.9. The number of halogens is 1. The molecule has 1 aromatic rings. The minimum absolute atomic E-state index is 0.188. The van der Waals surface area contributed by atoms with Crippen LogP contribution in [0, 0.1) is 5.82 Å². The first-order valence-corrected chi connectivity index (χ1v) is 7.63. The van der Waals surface area contributed by atoms with E-state index in [1.165, 1.54) is 28.8 Å². The Hall–Kier alpha value is -1.76. The summed E-state index contributed by atoms with van der Waals surface area (Å²) in [6, 6.07) is 4.28. The fourth-order valence-corrected chi connectivity index (χ4v) is 3.40. The SMILES string of the molecule is CC(NC(=O)N1C(C)SCC1C(=O)O)c1ccc(F)cc1. The van der Waals surface area contributed by atoms with Crippen LogP contribution in [-0.2, 0) is 4.79 Å². The molecule has 0 aromatic heterocycles. The molecule has 1 saturated heterocycles. The van der Waals surface area contributed by atoms with Gasteiger partial charge >= 0.3 is 12.0 Å². The largest absolute Gasteiger partial charge is 0.480 e. The van der Waals surface area contributed by atoms with Crippen LogP contribution in [0.3, 0.4) is 0 Å². The number of nitrogens with zero attached hydrogens (tertiary/aromatic N) is 1. The van der Waals surface area contributed by atoms with Gasteiger partial charge in [0.15, 0.2) is 0 Å². The molecular formula is C14H17FN2O3S. The number of hydrogen-bond donors (Lipinski definition) is 2. The lowest BCUT2D eigenvalue weighted by atomic mass is 10.1. The van der Waals surface area contributed by atoms with Crippen LogP contribution in [0.2, 0.25) is 0 Å². The van der Waals surface area contributed by atoms with Crippen molar-refractivity contribution in [1.82, 2.24) is 10.2 Å². The van der Waals surface area contributed by atoms with Gasteiger partial charge in [-0.15, -0.1) is 11.8 Å². The Morgan fingerprint density at radius 1 is 1.43 bits per heavy atom. The maximum absolute atomic E-state index is 12.9. The van der Waals surface area contributed by atoms with Gasteiger partial charge in [0, 0.05) is 5.75 Å². The van der Waals surface area contributed by atoms with Crippen molar-refractivity contribution >= 4 is 23.8 Å². The lowest BCUT2D eigenvalue weighted by Gasteiger charge is -2.27. The maximum Gasteiger partial charge on any atom is 0.327 e. The summed E-state index contributed by atoms with van der Waals surface area (Å²) < 4.78 is 12.9. The van der Waals surface area contributed by atoms with Crippen LogP contribution in [0.25, 0.3) is 0 Å². The highest BCUT2D eigenvalue weighted by Crippen LogP contribution is 2.29. The molecule has 1 heterocycles. The van der Waals surface area contributed by atoms with E-state index in [2.05, 4.69) is 5.32 Å². The van der Waals surface area contributed by atoms with Crippen molar-refractivity contribution in [2.45, 2.75) is 31.3 Å². The predicted octanol–water partition coefficient (Wildman–Crippen LogP) is 2.44. The third-order valence-corrected chi connectivity index (χ3v) is 4.67. The summed E-state index contributed by atoms with van der Waals surface area (Å²) >= 11 is 1.43. The normalized spacial score (nSPS) is 22.9. The molecule has 114 valence electrons. The van der Waals surface area contributed by atoms with E-state index in [1.807, 2.05) is 0 Å². The number of thioether (sulfide) groups is 1. The zero-order valence-corrected chi connectivity index (χ0v) is 12.6. The van der Waals surface area contributed by atoms with Gasteiger partial charge in [0.2, 0.25) is 0 Å². The number of aliphatic carboxylic acids is 1. The van der Waals surface area contributed by atoms with E-state index in [1.54, 1.807) is 26.0 Å². The second kappa shape index (κ2) is 6.34. The molecule has 2 amide bonds. The van der Waals surface area contributed by atoms with Crippen LogP contribution in [-0.4, -0.2) is 39.2 Å². The third-order valence-electron chi connectivity index (χ3n) is 3.45. The van der Waals surface area contributed by atoms with E-state index < -0.39 is 18.0 Å². The van der Waals surface area contributed by atoms with Gasteiger partial charge in [0.25, 0.3) is 0 Å². The topological polar surface area (TPSA) is 69.6 Å². The van der Waals surface area contributed by atoms with Crippen molar-refractivity contribution in [1.29, 1.82) is 0 Å². The van der Waals surface area contributed by atoms with Crippen LogP contribution in [0.15, 0.2) is 24.3 Å². The number of hydrogen-bond acceptors (Lipinski definition) is 3. The van der Waals surface area contributed by atoms with Gasteiger partial charge in [-0.1, -0.05) is 12.1 Å². The number of urea groups is 1. The fourth-order valence-electron chi connectivity index (χ4n) is 2.24. The summed E-state index contributed by atoms with van der Waals surface area (Å²) in [5.41, 5.74) is 0.760. The second-order valence-electron chi connectivity index (χ2n) is 4.92. The van der Waals surface area contributed by atoms with Crippen LogP contribution < -0.4 is 5.32 Å². The molecule has 5 nitrogen and oxygen atoms in total. The summed E-state index contributed by atoms with van der Waals surface area (Å²) in [5, 5.41) is 11.7. The molecule has 0 spiro atoms. The van der Waals surface area contributed by atoms with Gasteiger partial charge in [-0.25, -0.2) is 14.0 Å². The fraction of sp³-hybridized carbons (Fsp3) is 0.429. The van der Waals surface area contributed by atoms with Gasteiger partial charge in [0.1, 0.15) is 11.9 Å². The Kier molecular flexibility index (Phi) is 4.72. The monoisotopic (exact) mass is 312 g/mol. The molecule has 0 saturated carbocycles. The number of amides is 2. The van der Waals surface area contributed by atoms with Crippen LogP contribution >= 0.6 is 11.8 Å². The molecule has 7 heteroatoms. The van der Waals surface area contributed by atoms with E-state index >= 15 is 0 Å². The highest BCUT2D eigenvalue weighted by Gasteiger charge is 2.39. The second-order valence-corrected chi connectivity index (χ2v) is 6.27. The van der Waals surface area contributed by atoms with Crippen LogP contribution in [0.4, 0.5) is 9.18 Å². The Morgan fingerprint density at radius 2 is 2.05 bits per heavy atom. The summed E-state index contributed by atoms with van der Waals surface area (Å²) in [6.45, 7) is 3.57. The Labute approximate surface area is 126 Å². The van der Waals surface area contributed by atoms with Crippen LogP contribution in [0.5, 0.6) is 0 Å². The van der Waals surface area contributed by atoms with Gasteiger partial charge in [0.05, 0.1) is 11.4 Å². The number of nitrogens with one attached hydrogen (secondary N) is 1. The molecule has 3 atom stereocenters.